The van der Waals surface area contributed by atoms with E-state index in [-0.39, 0.29) is 24.4 Å². The Kier molecular flexibility index (Phi) is 8.56. The van der Waals surface area contributed by atoms with E-state index in [9.17, 15) is 9.59 Å². The van der Waals surface area contributed by atoms with Crippen LogP contribution in [0, 0.1) is 12.8 Å². The SMILES string of the molecule is Cc1cc(CN(CC2CCCCC2)C(C)c2ccc3c(c2)CCO3)ccc1OCCn1c(=O)ccn(C)c1=O. The van der Waals surface area contributed by atoms with Gasteiger partial charge in [0.15, 0.2) is 0 Å². The molecule has 1 saturated carbocycles. The quantitative estimate of drug-likeness (QED) is 0.368. The molecule has 7 heteroatoms. The van der Waals surface area contributed by atoms with Crippen LogP contribution in [0.3, 0.4) is 0 Å². The van der Waals surface area contributed by atoms with Crippen molar-refractivity contribution in [3.63, 3.8) is 0 Å². The minimum atomic E-state index is -0.332. The molecule has 0 bridgehead atoms. The fourth-order valence-corrected chi connectivity index (χ4v) is 6.01. The van der Waals surface area contributed by atoms with Crippen molar-refractivity contribution in [1.82, 2.24) is 14.0 Å². The molecule has 208 valence electrons. The second-order valence-electron chi connectivity index (χ2n) is 11.2. The summed E-state index contributed by atoms with van der Waals surface area (Å²) < 4.78 is 14.4. The van der Waals surface area contributed by atoms with E-state index < -0.39 is 0 Å². The second-order valence-corrected chi connectivity index (χ2v) is 11.2. The van der Waals surface area contributed by atoms with Crippen molar-refractivity contribution in [2.45, 2.75) is 71.5 Å². The molecular formula is C32H41N3O4. The number of aryl methyl sites for hydroxylation is 2. The van der Waals surface area contributed by atoms with Gasteiger partial charge in [-0.05, 0) is 67.0 Å². The third-order valence-corrected chi connectivity index (χ3v) is 8.40. The number of nitrogens with zero attached hydrogens (tertiary/aromatic N) is 3. The minimum Gasteiger partial charge on any atom is -0.493 e. The maximum Gasteiger partial charge on any atom is 0.330 e. The number of ether oxygens (including phenoxy) is 2. The Morgan fingerprint density at radius 2 is 1.90 bits per heavy atom. The standard InChI is InChI=1S/C32H41N3O4/c1-23-19-26(9-11-29(23)39-18-16-35-31(36)13-15-33(3)32(35)37)22-34(21-25-7-5-4-6-8-25)24(2)27-10-12-30-28(20-27)14-17-38-30/h9-13,15,19-20,24-25H,4-8,14,16-18,21-22H2,1-3H3. The van der Waals surface area contributed by atoms with Gasteiger partial charge >= 0.3 is 5.69 Å². The van der Waals surface area contributed by atoms with Gasteiger partial charge in [-0.2, -0.15) is 0 Å². The van der Waals surface area contributed by atoms with Gasteiger partial charge in [0, 0.05) is 44.9 Å². The average Bonchev–Trinajstić information content (AvgIpc) is 3.42. The molecular weight excluding hydrogens is 490 g/mol. The number of aromatic nitrogens is 2. The molecule has 39 heavy (non-hydrogen) atoms. The van der Waals surface area contributed by atoms with Crippen LogP contribution in [-0.2, 0) is 26.6 Å². The molecule has 1 aliphatic carbocycles. The molecule has 2 heterocycles. The molecule has 1 aromatic heterocycles. The summed E-state index contributed by atoms with van der Waals surface area (Å²) in [4.78, 5) is 27.0. The van der Waals surface area contributed by atoms with E-state index >= 15 is 0 Å². The van der Waals surface area contributed by atoms with Gasteiger partial charge in [0.25, 0.3) is 5.56 Å². The summed E-state index contributed by atoms with van der Waals surface area (Å²) in [6, 6.07) is 14.8. The Morgan fingerprint density at radius 3 is 2.69 bits per heavy atom. The summed E-state index contributed by atoms with van der Waals surface area (Å²) in [5.41, 5.74) is 4.36. The summed E-state index contributed by atoms with van der Waals surface area (Å²) in [5.74, 6) is 2.57. The zero-order chi connectivity index (χ0) is 27.4. The van der Waals surface area contributed by atoms with E-state index in [1.807, 2.05) is 6.07 Å². The highest BCUT2D eigenvalue weighted by Crippen LogP contribution is 2.33. The number of rotatable bonds is 10. The maximum absolute atomic E-state index is 12.3. The van der Waals surface area contributed by atoms with E-state index in [0.29, 0.717) is 6.04 Å². The lowest BCUT2D eigenvalue weighted by Gasteiger charge is -2.34. The van der Waals surface area contributed by atoms with Gasteiger partial charge in [-0.15, -0.1) is 0 Å². The zero-order valence-corrected chi connectivity index (χ0v) is 23.5. The molecule has 1 atom stereocenters. The van der Waals surface area contributed by atoms with Crippen molar-refractivity contribution < 1.29 is 9.47 Å². The Hall–Kier alpha value is -3.32. The minimum absolute atomic E-state index is 0.214. The molecule has 1 unspecified atom stereocenters. The highest BCUT2D eigenvalue weighted by Gasteiger charge is 2.24. The van der Waals surface area contributed by atoms with Crippen molar-refractivity contribution in [2.24, 2.45) is 13.0 Å². The van der Waals surface area contributed by atoms with Gasteiger partial charge in [0.2, 0.25) is 0 Å². The van der Waals surface area contributed by atoms with Gasteiger partial charge in [0.05, 0.1) is 13.2 Å². The van der Waals surface area contributed by atoms with Crippen LogP contribution in [0.4, 0.5) is 0 Å². The summed E-state index contributed by atoms with van der Waals surface area (Å²) in [7, 11) is 1.64. The maximum atomic E-state index is 12.3. The first-order valence-corrected chi connectivity index (χ1v) is 14.4. The number of hydrogen-bond acceptors (Lipinski definition) is 5. The molecule has 0 saturated heterocycles. The fourth-order valence-electron chi connectivity index (χ4n) is 6.01. The smallest absolute Gasteiger partial charge is 0.330 e. The first-order valence-electron chi connectivity index (χ1n) is 14.4. The third kappa shape index (κ3) is 6.47. The van der Waals surface area contributed by atoms with Crippen molar-refractivity contribution in [2.75, 3.05) is 19.8 Å². The lowest BCUT2D eigenvalue weighted by Crippen LogP contribution is -2.39. The Labute approximate surface area is 231 Å². The predicted octanol–water partition coefficient (Wildman–Crippen LogP) is 5.01. The van der Waals surface area contributed by atoms with E-state index in [1.54, 1.807) is 7.05 Å². The molecule has 0 spiro atoms. The highest BCUT2D eigenvalue weighted by molar-refractivity contribution is 5.41. The molecule has 1 aliphatic heterocycles. The molecule has 0 N–H and O–H groups in total. The van der Waals surface area contributed by atoms with Gasteiger partial charge in [-0.25, -0.2) is 4.79 Å². The summed E-state index contributed by atoms with van der Waals surface area (Å²) in [5, 5.41) is 0. The molecule has 3 aromatic rings. The van der Waals surface area contributed by atoms with Crippen LogP contribution in [-0.4, -0.2) is 33.8 Å². The van der Waals surface area contributed by atoms with E-state index in [2.05, 4.69) is 49.1 Å². The molecule has 2 aliphatic rings. The van der Waals surface area contributed by atoms with Crippen molar-refractivity contribution in [1.29, 1.82) is 0 Å². The molecule has 0 radical (unpaired) electrons. The van der Waals surface area contributed by atoms with Gasteiger partial charge in [-0.3, -0.25) is 14.3 Å². The fraction of sp³-hybridized carbons (Fsp3) is 0.500. The molecule has 1 fully saturated rings. The Balaban J connectivity index is 1.28. The number of hydrogen-bond donors (Lipinski definition) is 0. The second kappa shape index (κ2) is 12.2. The van der Waals surface area contributed by atoms with E-state index in [1.165, 1.54) is 70.2 Å². The number of fused-ring (bicyclic) bond motifs is 1. The average molecular weight is 532 g/mol. The lowest BCUT2D eigenvalue weighted by atomic mass is 9.88. The largest absolute Gasteiger partial charge is 0.493 e. The molecule has 2 aromatic carbocycles. The van der Waals surface area contributed by atoms with Gasteiger partial charge < -0.3 is 14.0 Å². The van der Waals surface area contributed by atoms with Crippen molar-refractivity contribution in [3.05, 3.63) is 91.8 Å². The molecule has 7 nitrogen and oxygen atoms in total. The topological polar surface area (TPSA) is 65.7 Å². The molecule has 0 amide bonds. The zero-order valence-electron chi connectivity index (χ0n) is 23.5. The first-order chi connectivity index (χ1) is 18.9. The van der Waals surface area contributed by atoms with Crippen LogP contribution in [0.1, 0.15) is 67.3 Å². The highest BCUT2D eigenvalue weighted by atomic mass is 16.5. The monoisotopic (exact) mass is 531 g/mol. The Bertz CT molecular complexity index is 1400. The van der Waals surface area contributed by atoms with Crippen molar-refractivity contribution in [3.8, 4) is 11.5 Å². The van der Waals surface area contributed by atoms with Crippen LogP contribution in [0.25, 0.3) is 0 Å². The van der Waals surface area contributed by atoms with Crippen LogP contribution in [0.5, 0.6) is 11.5 Å². The van der Waals surface area contributed by atoms with Crippen molar-refractivity contribution >= 4 is 0 Å². The van der Waals surface area contributed by atoms with Gasteiger partial charge in [0.1, 0.15) is 18.1 Å². The van der Waals surface area contributed by atoms with Crippen LogP contribution in [0.2, 0.25) is 0 Å². The van der Waals surface area contributed by atoms with Crippen LogP contribution in [0.15, 0.2) is 58.3 Å². The van der Waals surface area contributed by atoms with Crippen LogP contribution < -0.4 is 20.7 Å². The summed E-state index contributed by atoms with van der Waals surface area (Å²) in [6.45, 7) is 7.63. The lowest BCUT2D eigenvalue weighted by molar-refractivity contribution is 0.149. The summed E-state index contributed by atoms with van der Waals surface area (Å²) >= 11 is 0. The van der Waals surface area contributed by atoms with Crippen LogP contribution >= 0.6 is 0 Å². The molecule has 5 rings (SSSR count). The summed E-state index contributed by atoms with van der Waals surface area (Å²) in [6.07, 6.45) is 9.17. The van der Waals surface area contributed by atoms with E-state index in [4.69, 9.17) is 9.47 Å². The predicted molar refractivity (Wildman–Crippen MR) is 154 cm³/mol. The first kappa shape index (κ1) is 27.3. The third-order valence-electron chi connectivity index (χ3n) is 8.40. The van der Waals surface area contributed by atoms with Gasteiger partial charge in [-0.1, -0.05) is 43.5 Å². The Morgan fingerprint density at radius 1 is 1.08 bits per heavy atom. The number of benzene rings is 2. The van der Waals surface area contributed by atoms with E-state index in [0.717, 1.165) is 49.1 Å². The normalized spacial score (nSPS) is 16.2.